The minimum absolute atomic E-state index is 0.0766. The first-order valence-electron chi connectivity index (χ1n) is 9.43. The number of carbonyl (C=O) groups is 1. The second kappa shape index (κ2) is 7.80. The largest absolute Gasteiger partial charge is 0.361 e. The number of benzene rings is 1. The zero-order valence-electron chi connectivity index (χ0n) is 15.6. The number of nitrogens with zero attached hydrogens (tertiary/aromatic N) is 3. The molecule has 1 aliphatic heterocycles. The molecular weight excluding hydrogens is 338 g/mol. The Balaban J connectivity index is 1.32. The van der Waals surface area contributed by atoms with E-state index in [0.29, 0.717) is 12.1 Å². The lowest BCUT2D eigenvalue weighted by atomic mass is 10.1. The number of para-hydroxylation sites is 1. The van der Waals surface area contributed by atoms with Crippen LogP contribution < -0.4 is 10.2 Å². The van der Waals surface area contributed by atoms with Crippen molar-refractivity contribution in [1.29, 1.82) is 0 Å². The maximum Gasteiger partial charge on any atom is 0.252 e. The summed E-state index contributed by atoms with van der Waals surface area (Å²) in [6.07, 6.45) is 4.49. The number of aromatic amines is 1. The van der Waals surface area contributed by atoms with Gasteiger partial charge >= 0.3 is 0 Å². The van der Waals surface area contributed by atoms with Crippen molar-refractivity contribution in [3.05, 3.63) is 59.9 Å². The highest BCUT2D eigenvalue weighted by Crippen LogP contribution is 2.18. The molecule has 0 saturated carbocycles. The van der Waals surface area contributed by atoms with E-state index >= 15 is 0 Å². The number of nitrogens with one attached hydrogen (secondary N) is 2. The van der Waals surface area contributed by atoms with Crippen molar-refractivity contribution in [2.45, 2.75) is 6.42 Å². The molecule has 0 bridgehead atoms. The van der Waals surface area contributed by atoms with Crippen LogP contribution in [0.25, 0.3) is 10.9 Å². The second-order valence-electron chi connectivity index (χ2n) is 7.06. The standard InChI is InChI=1S/C21H25N5O/c1-25-10-12-26(13-11-25)20-7-6-17(15-24-20)21(27)22-9-8-16-14-23-19-5-3-2-4-18(16)19/h2-7,14-15,23H,8-13H2,1H3,(H,22,27). The van der Waals surface area contributed by atoms with Crippen molar-refractivity contribution in [3.8, 4) is 0 Å². The number of fused-ring (bicyclic) bond motifs is 1. The van der Waals surface area contributed by atoms with Crippen LogP contribution >= 0.6 is 0 Å². The molecule has 0 atom stereocenters. The van der Waals surface area contributed by atoms with Crippen LogP contribution in [0.15, 0.2) is 48.8 Å². The predicted molar refractivity (Wildman–Crippen MR) is 108 cm³/mol. The summed E-state index contributed by atoms with van der Waals surface area (Å²) >= 11 is 0. The molecular formula is C21H25N5O. The van der Waals surface area contributed by atoms with Crippen LogP contribution in [-0.4, -0.2) is 60.5 Å². The quantitative estimate of drug-likeness (QED) is 0.730. The summed E-state index contributed by atoms with van der Waals surface area (Å²) < 4.78 is 0. The molecule has 27 heavy (non-hydrogen) atoms. The normalized spacial score (nSPS) is 15.2. The summed E-state index contributed by atoms with van der Waals surface area (Å²) in [7, 11) is 2.13. The Labute approximate surface area is 159 Å². The smallest absolute Gasteiger partial charge is 0.252 e. The van der Waals surface area contributed by atoms with Gasteiger partial charge in [-0.15, -0.1) is 0 Å². The zero-order valence-corrected chi connectivity index (χ0v) is 15.6. The van der Waals surface area contributed by atoms with Gasteiger partial charge in [0.05, 0.1) is 5.56 Å². The van der Waals surface area contributed by atoms with Gasteiger partial charge in [0.1, 0.15) is 5.82 Å². The van der Waals surface area contributed by atoms with E-state index in [2.05, 4.69) is 44.3 Å². The van der Waals surface area contributed by atoms with Crippen LogP contribution in [0, 0.1) is 0 Å². The van der Waals surface area contributed by atoms with Crippen LogP contribution in [0.4, 0.5) is 5.82 Å². The number of H-pyrrole nitrogens is 1. The van der Waals surface area contributed by atoms with Gasteiger partial charge in [-0.3, -0.25) is 4.79 Å². The SMILES string of the molecule is CN1CCN(c2ccc(C(=O)NCCc3c[nH]c4ccccc34)cn2)CC1. The lowest BCUT2D eigenvalue weighted by Crippen LogP contribution is -2.44. The third-order valence-corrected chi connectivity index (χ3v) is 5.19. The van der Waals surface area contributed by atoms with Gasteiger partial charge < -0.3 is 20.1 Å². The number of piperazine rings is 1. The van der Waals surface area contributed by atoms with Crippen LogP contribution in [0.2, 0.25) is 0 Å². The molecule has 0 radical (unpaired) electrons. The summed E-state index contributed by atoms with van der Waals surface area (Å²) in [4.78, 5) is 24.7. The van der Waals surface area contributed by atoms with Crippen molar-refractivity contribution in [1.82, 2.24) is 20.2 Å². The van der Waals surface area contributed by atoms with Gasteiger partial charge in [-0.25, -0.2) is 4.98 Å². The van der Waals surface area contributed by atoms with Crippen LogP contribution in [-0.2, 0) is 6.42 Å². The number of carbonyl (C=O) groups excluding carboxylic acids is 1. The summed E-state index contributed by atoms with van der Waals surface area (Å²) in [5.41, 5.74) is 2.95. The Bertz CT molecular complexity index is 910. The maximum atomic E-state index is 12.4. The van der Waals surface area contributed by atoms with Crippen LogP contribution in [0.5, 0.6) is 0 Å². The highest BCUT2D eigenvalue weighted by molar-refractivity contribution is 5.94. The minimum atomic E-state index is -0.0766. The third-order valence-electron chi connectivity index (χ3n) is 5.19. The molecule has 1 aromatic carbocycles. The van der Waals surface area contributed by atoms with Gasteiger partial charge in [-0.1, -0.05) is 18.2 Å². The topological polar surface area (TPSA) is 64.3 Å². The average Bonchev–Trinajstić information content (AvgIpc) is 3.12. The fourth-order valence-corrected chi connectivity index (χ4v) is 3.49. The molecule has 3 aromatic rings. The van der Waals surface area contributed by atoms with E-state index in [0.717, 1.165) is 43.9 Å². The first-order valence-corrected chi connectivity index (χ1v) is 9.43. The first-order chi connectivity index (χ1) is 13.2. The van der Waals surface area contributed by atoms with Crippen molar-refractivity contribution in [3.63, 3.8) is 0 Å². The molecule has 140 valence electrons. The van der Waals surface area contributed by atoms with Gasteiger partial charge in [0.2, 0.25) is 0 Å². The van der Waals surface area contributed by atoms with Gasteiger partial charge in [0, 0.05) is 56.0 Å². The highest BCUT2D eigenvalue weighted by Gasteiger charge is 2.15. The minimum Gasteiger partial charge on any atom is -0.361 e. The molecule has 2 N–H and O–H groups in total. The lowest BCUT2D eigenvalue weighted by molar-refractivity contribution is 0.0954. The molecule has 2 aromatic heterocycles. The molecule has 6 nitrogen and oxygen atoms in total. The van der Waals surface area contributed by atoms with Gasteiger partial charge in [0.15, 0.2) is 0 Å². The van der Waals surface area contributed by atoms with Crippen molar-refractivity contribution in [2.24, 2.45) is 0 Å². The van der Waals surface area contributed by atoms with E-state index < -0.39 is 0 Å². The van der Waals surface area contributed by atoms with E-state index in [-0.39, 0.29) is 5.91 Å². The van der Waals surface area contributed by atoms with Crippen molar-refractivity contribution >= 4 is 22.6 Å². The van der Waals surface area contributed by atoms with E-state index in [1.165, 1.54) is 10.9 Å². The Kier molecular flexibility index (Phi) is 5.07. The Morgan fingerprint density at radius 1 is 1.15 bits per heavy atom. The van der Waals surface area contributed by atoms with E-state index in [9.17, 15) is 4.79 Å². The summed E-state index contributed by atoms with van der Waals surface area (Å²) in [6, 6.07) is 12.0. The molecule has 0 spiro atoms. The number of pyridine rings is 1. The molecule has 1 fully saturated rings. The second-order valence-corrected chi connectivity index (χ2v) is 7.06. The van der Waals surface area contributed by atoms with E-state index in [1.807, 2.05) is 30.5 Å². The van der Waals surface area contributed by atoms with Crippen molar-refractivity contribution in [2.75, 3.05) is 44.7 Å². The summed E-state index contributed by atoms with van der Waals surface area (Å²) in [5, 5.41) is 4.21. The predicted octanol–water partition coefficient (Wildman–Crippen LogP) is 2.29. The summed E-state index contributed by atoms with van der Waals surface area (Å²) in [5.74, 6) is 0.866. The molecule has 1 saturated heterocycles. The van der Waals surface area contributed by atoms with E-state index in [1.54, 1.807) is 6.20 Å². The Morgan fingerprint density at radius 2 is 1.96 bits per heavy atom. The number of likely N-dealkylation sites (N-methyl/N-ethyl adjacent to an activating group) is 1. The third kappa shape index (κ3) is 3.95. The number of aromatic nitrogens is 2. The van der Waals surface area contributed by atoms with Crippen molar-refractivity contribution < 1.29 is 4.79 Å². The van der Waals surface area contributed by atoms with E-state index in [4.69, 9.17) is 0 Å². The molecule has 1 amide bonds. The fraction of sp³-hybridized carbons (Fsp3) is 0.333. The number of amides is 1. The Morgan fingerprint density at radius 3 is 2.74 bits per heavy atom. The molecule has 1 aliphatic rings. The monoisotopic (exact) mass is 363 g/mol. The number of hydrogen-bond donors (Lipinski definition) is 2. The van der Waals surface area contributed by atoms with Gasteiger partial charge in [0.25, 0.3) is 5.91 Å². The molecule has 0 aliphatic carbocycles. The fourth-order valence-electron chi connectivity index (χ4n) is 3.49. The average molecular weight is 363 g/mol. The van der Waals surface area contributed by atoms with Gasteiger partial charge in [-0.05, 0) is 37.2 Å². The number of hydrogen-bond acceptors (Lipinski definition) is 4. The maximum absolute atomic E-state index is 12.4. The highest BCUT2D eigenvalue weighted by atomic mass is 16.1. The Hall–Kier alpha value is -2.86. The molecule has 6 heteroatoms. The zero-order chi connectivity index (χ0) is 18.6. The van der Waals surface area contributed by atoms with Gasteiger partial charge in [-0.2, -0.15) is 0 Å². The number of rotatable bonds is 5. The number of anilines is 1. The summed E-state index contributed by atoms with van der Waals surface area (Å²) in [6.45, 7) is 4.62. The molecule has 4 rings (SSSR count). The van der Waals surface area contributed by atoms with Crippen LogP contribution in [0.3, 0.4) is 0 Å². The molecule has 0 unspecified atom stereocenters. The first kappa shape index (κ1) is 17.5. The molecule has 3 heterocycles. The van der Waals surface area contributed by atoms with Crippen LogP contribution in [0.1, 0.15) is 15.9 Å². The lowest BCUT2D eigenvalue weighted by Gasteiger charge is -2.33.